The molecule has 0 aromatic carbocycles. The monoisotopic (exact) mass is 269 g/mol. The summed E-state index contributed by atoms with van der Waals surface area (Å²) in [5.74, 6) is 0. The fourth-order valence-electron chi connectivity index (χ4n) is 1.96. The standard InChI is InChI=1S/C12H23N5O2/c1-4-11(10-13-3)16-8-6-12(7-9-16)19-15-17(18)14-5-2/h4,10,12H,5-9H2,1-3H3,(H,14,15)/b11-4+,13-10-. The molecule has 0 bridgehead atoms. The maximum atomic E-state index is 11.1. The van der Waals surface area contributed by atoms with E-state index in [4.69, 9.17) is 4.84 Å². The van der Waals surface area contributed by atoms with Crippen LogP contribution in [0.1, 0.15) is 26.7 Å². The van der Waals surface area contributed by atoms with Crippen LogP contribution in [0.25, 0.3) is 0 Å². The van der Waals surface area contributed by atoms with Gasteiger partial charge in [-0.2, -0.15) is 5.43 Å². The van der Waals surface area contributed by atoms with E-state index >= 15 is 0 Å². The molecule has 1 heterocycles. The van der Waals surface area contributed by atoms with Crippen molar-refractivity contribution in [2.24, 2.45) is 10.3 Å². The van der Waals surface area contributed by atoms with Crippen molar-refractivity contribution < 1.29 is 9.81 Å². The Kier molecular flexibility index (Phi) is 6.70. The van der Waals surface area contributed by atoms with E-state index in [9.17, 15) is 5.21 Å². The van der Waals surface area contributed by atoms with Crippen LogP contribution in [0.5, 0.6) is 0 Å². The van der Waals surface area contributed by atoms with Gasteiger partial charge in [-0.3, -0.25) is 4.99 Å². The van der Waals surface area contributed by atoms with E-state index in [0.29, 0.717) is 11.5 Å². The van der Waals surface area contributed by atoms with Crippen LogP contribution in [0.15, 0.2) is 22.0 Å². The third-order valence-corrected chi connectivity index (χ3v) is 2.93. The topological polar surface area (TPSA) is 75.3 Å². The van der Waals surface area contributed by atoms with E-state index in [1.807, 2.05) is 26.1 Å². The van der Waals surface area contributed by atoms with Gasteiger partial charge in [-0.1, -0.05) is 6.08 Å². The summed E-state index contributed by atoms with van der Waals surface area (Å²) in [7, 11) is 1.77. The Morgan fingerprint density at radius 2 is 2.21 bits per heavy atom. The SMILES string of the molecule is C/C=C(\C=N/C)N1CCC(O/N=[N+](\[O-])NCC)CC1. The first-order valence-corrected chi connectivity index (χ1v) is 6.62. The molecular weight excluding hydrogens is 246 g/mol. The summed E-state index contributed by atoms with van der Waals surface area (Å²) in [5.41, 5.74) is 3.61. The molecule has 0 saturated carbocycles. The largest absolute Gasteiger partial charge is 0.569 e. The van der Waals surface area contributed by atoms with Gasteiger partial charge in [0.15, 0.2) is 0 Å². The van der Waals surface area contributed by atoms with E-state index in [-0.39, 0.29) is 6.10 Å². The quantitative estimate of drug-likeness (QED) is 0.343. The molecule has 7 heteroatoms. The molecule has 0 aromatic heterocycles. The van der Waals surface area contributed by atoms with Crippen LogP contribution < -0.4 is 5.43 Å². The Hall–Kier alpha value is -1.79. The highest BCUT2D eigenvalue weighted by molar-refractivity contribution is 5.77. The van der Waals surface area contributed by atoms with Gasteiger partial charge in [-0.15, -0.1) is 0 Å². The summed E-state index contributed by atoms with van der Waals surface area (Å²) in [6, 6.07) is 0. The van der Waals surface area contributed by atoms with Crippen molar-refractivity contribution in [2.45, 2.75) is 32.8 Å². The lowest BCUT2D eigenvalue weighted by atomic mass is 10.1. The maximum Gasteiger partial charge on any atom is 0.233 e. The minimum atomic E-state index is 0.00280. The van der Waals surface area contributed by atoms with Crippen LogP contribution in [0.4, 0.5) is 0 Å². The number of hydrogen-bond acceptors (Lipinski definition) is 5. The maximum absolute atomic E-state index is 11.1. The van der Waals surface area contributed by atoms with E-state index in [1.54, 1.807) is 7.05 Å². The number of hydrazine groups is 1. The van der Waals surface area contributed by atoms with Gasteiger partial charge >= 0.3 is 0 Å². The van der Waals surface area contributed by atoms with Gasteiger partial charge in [0.25, 0.3) is 0 Å². The molecule has 0 aliphatic carbocycles. The zero-order valence-corrected chi connectivity index (χ0v) is 11.9. The highest BCUT2D eigenvalue weighted by Gasteiger charge is 2.22. The third-order valence-electron chi connectivity index (χ3n) is 2.93. The Bertz CT molecular complexity index is 346. The molecule has 1 saturated heterocycles. The number of piperidine rings is 1. The van der Waals surface area contributed by atoms with Crippen molar-refractivity contribution in [3.63, 3.8) is 0 Å². The van der Waals surface area contributed by atoms with Crippen LogP contribution in [-0.2, 0) is 4.84 Å². The molecule has 1 aliphatic rings. The molecule has 0 radical (unpaired) electrons. The summed E-state index contributed by atoms with van der Waals surface area (Å²) >= 11 is 0. The lowest BCUT2D eigenvalue weighted by Crippen LogP contribution is -2.36. The number of allylic oxidation sites excluding steroid dienone is 2. The lowest BCUT2D eigenvalue weighted by molar-refractivity contribution is -0.615. The highest BCUT2D eigenvalue weighted by Crippen LogP contribution is 2.17. The van der Waals surface area contributed by atoms with Crippen LogP contribution >= 0.6 is 0 Å². The van der Waals surface area contributed by atoms with Crippen molar-refractivity contribution in [3.8, 4) is 0 Å². The Morgan fingerprint density at radius 3 is 2.74 bits per heavy atom. The molecule has 1 fully saturated rings. The van der Waals surface area contributed by atoms with E-state index in [0.717, 1.165) is 31.6 Å². The minimum absolute atomic E-state index is 0.00280. The normalized spacial score (nSPS) is 19.0. The zero-order valence-electron chi connectivity index (χ0n) is 11.9. The first-order chi connectivity index (χ1) is 9.21. The van der Waals surface area contributed by atoms with E-state index in [1.165, 1.54) is 0 Å². The summed E-state index contributed by atoms with van der Waals surface area (Å²) in [6.45, 7) is 6.11. The highest BCUT2D eigenvalue weighted by atomic mass is 16.7. The van der Waals surface area contributed by atoms with Crippen molar-refractivity contribution in [2.75, 3.05) is 26.7 Å². The number of rotatable bonds is 6. The molecule has 7 nitrogen and oxygen atoms in total. The minimum Gasteiger partial charge on any atom is -0.569 e. The number of hydrogen-bond donors (Lipinski definition) is 1. The summed E-state index contributed by atoms with van der Waals surface area (Å²) in [5, 5.41) is 14.5. The van der Waals surface area contributed by atoms with Gasteiger partial charge < -0.3 is 14.9 Å². The molecule has 19 heavy (non-hydrogen) atoms. The van der Waals surface area contributed by atoms with Gasteiger partial charge in [0.2, 0.25) is 5.28 Å². The van der Waals surface area contributed by atoms with Gasteiger partial charge in [-0.25, -0.2) is 0 Å². The van der Waals surface area contributed by atoms with Crippen LogP contribution in [0.2, 0.25) is 0 Å². The first kappa shape index (κ1) is 15.3. The molecular formula is C12H23N5O2. The van der Waals surface area contributed by atoms with Gasteiger partial charge in [0.1, 0.15) is 6.10 Å². The number of nitrogens with zero attached hydrogens (tertiary/aromatic N) is 4. The molecule has 0 unspecified atom stereocenters. The van der Waals surface area contributed by atoms with Crippen molar-refractivity contribution in [3.05, 3.63) is 17.0 Å². The van der Waals surface area contributed by atoms with Crippen LogP contribution in [-0.4, -0.2) is 48.9 Å². The molecule has 0 aromatic rings. The van der Waals surface area contributed by atoms with Crippen molar-refractivity contribution in [1.29, 1.82) is 0 Å². The smallest absolute Gasteiger partial charge is 0.233 e. The fraction of sp³-hybridized carbons (Fsp3) is 0.750. The average Bonchev–Trinajstić information content (AvgIpc) is 2.43. The molecule has 0 amide bonds. The molecule has 1 N–H and O–H groups in total. The second-order valence-electron chi connectivity index (χ2n) is 4.26. The predicted molar refractivity (Wildman–Crippen MR) is 73.6 cm³/mol. The van der Waals surface area contributed by atoms with E-state index in [2.05, 4.69) is 20.6 Å². The summed E-state index contributed by atoms with van der Waals surface area (Å²) < 4.78 is 0. The molecule has 0 atom stereocenters. The number of nitrogens with one attached hydrogen (secondary N) is 1. The van der Waals surface area contributed by atoms with Crippen molar-refractivity contribution >= 4 is 6.21 Å². The van der Waals surface area contributed by atoms with Gasteiger partial charge in [0, 0.05) is 39.2 Å². The fourth-order valence-corrected chi connectivity index (χ4v) is 1.96. The Balaban J connectivity index is 2.39. The first-order valence-electron chi connectivity index (χ1n) is 6.62. The van der Waals surface area contributed by atoms with Crippen LogP contribution in [0, 0.1) is 5.21 Å². The summed E-state index contributed by atoms with van der Waals surface area (Å²) in [4.78, 5) is 11.9. The van der Waals surface area contributed by atoms with Gasteiger partial charge in [0.05, 0.1) is 17.2 Å². The predicted octanol–water partition coefficient (Wildman–Crippen LogP) is 1.47. The third kappa shape index (κ3) is 5.15. The molecule has 1 rings (SSSR count). The Labute approximate surface area is 114 Å². The summed E-state index contributed by atoms with van der Waals surface area (Å²) in [6.07, 6.45) is 5.60. The van der Waals surface area contributed by atoms with Crippen LogP contribution in [0.3, 0.4) is 0 Å². The Morgan fingerprint density at radius 1 is 1.53 bits per heavy atom. The molecule has 108 valence electrons. The molecule has 0 spiro atoms. The lowest BCUT2D eigenvalue weighted by Gasteiger charge is -2.32. The van der Waals surface area contributed by atoms with Crippen molar-refractivity contribution in [1.82, 2.24) is 10.3 Å². The second kappa shape index (κ2) is 8.34. The van der Waals surface area contributed by atoms with Gasteiger partial charge in [-0.05, 0) is 13.8 Å². The average molecular weight is 269 g/mol. The second-order valence-corrected chi connectivity index (χ2v) is 4.26. The number of aliphatic imine (C=N–C) groups is 1. The number of likely N-dealkylation sites (tertiary alicyclic amines) is 1. The van der Waals surface area contributed by atoms with E-state index < -0.39 is 0 Å². The molecule has 1 aliphatic heterocycles. The zero-order chi connectivity index (χ0) is 14.1.